The van der Waals surface area contributed by atoms with Gasteiger partial charge in [0.05, 0.1) is 28.0 Å². The lowest BCUT2D eigenvalue weighted by Gasteiger charge is -2.15. The van der Waals surface area contributed by atoms with Crippen molar-refractivity contribution in [3.05, 3.63) is 89.2 Å². The third-order valence-electron chi connectivity index (χ3n) is 5.34. The second kappa shape index (κ2) is 7.98. The van der Waals surface area contributed by atoms with Gasteiger partial charge in [0.25, 0.3) is 10.0 Å². The summed E-state index contributed by atoms with van der Waals surface area (Å²) in [5.41, 5.74) is 2.91. The molecule has 9 heteroatoms. The number of nitrogens with zero attached hydrogens (tertiary/aromatic N) is 2. The molecule has 3 aromatic carbocycles. The lowest BCUT2D eigenvalue weighted by Crippen LogP contribution is -2.16. The van der Waals surface area contributed by atoms with Crippen molar-refractivity contribution >= 4 is 26.7 Å². The van der Waals surface area contributed by atoms with Gasteiger partial charge >= 0.3 is 6.18 Å². The van der Waals surface area contributed by atoms with Gasteiger partial charge in [0, 0.05) is 6.54 Å². The summed E-state index contributed by atoms with van der Waals surface area (Å²) in [4.78, 5) is 3.94. The molecule has 4 rings (SSSR count). The van der Waals surface area contributed by atoms with E-state index >= 15 is 0 Å². The highest BCUT2D eigenvalue weighted by atomic mass is 32.2. The number of aromatic nitrogens is 2. The number of aryl methyl sites for hydroxylation is 1. The number of imidazole rings is 1. The summed E-state index contributed by atoms with van der Waals surface area (Å²) in [6.45, 7) is 4.13. The zero-order valence-electron chi connectivity index (χ0n) is 17.3. The van der Waals surface area contributed by atoms with E-state index in [-0.39, 0.29) is 5.69 Å². The van der Waals surface area contributed by atoms with Crippen LogP contribution in [0.1, 0.15) is 22.3 Å². The lowest BCUT2D eigenvalue weighted by molar-refractivity contribution is -0.137. The van der Waals surface area contributed by atoms with Crippen molar-refractivity contribution in [2.24, 2.45) is 0 Å². The summed E-state index contributed by atoms with van der Waals surface area (Å²) in [6.07, 6.45) is -3.02. The molecule has 0 aliphatic heterocycles. The van der Waals surface area contributed by atoms with Crippen molar-refractivity contribution < 1.29 is 21.6 Å². The molecule has 0 saturated heterocycles. The Morgan fingerprint density at radius 3 is 2.41 bits per heavy atom. The fraction of sp³-hybridized carbons (Fsp3) is 0.174. The summed E-state index contributed by atoms with van der Waals surface area (Å²) >= 11 is 0. The van der Waals surface area contributed by atoms with Crippen molar-refractivity contribution in [3.8, 4) is 0 Å². The number of halogens is 3. The normalized spacial score (nSPS) is 12.3. The fourth-order valence-corrected chi connectivity index (χ4v) is 4.66. The molecule has 5 nitrogen and oxygen atoms in total. The first-order valence-electron chi connectivity index (χ1n) is 9.75. The van der Waals surface area contributed by atoms with Gasteiger partial charge in [-0.3, -0.25) is 4.72 Å². The van der Waals surface area contributed by atoms with Crippen LogP contribution in [0.3, 0.4) is 0 Å². The van der Waals surface area contributed by atoms with Crippen molar-refractivity contribution in [1.82, 2.24) is 9.55 Å². The Balaban J connectivity index is 1.77. The Hall–Kier alpha value is -3.33. The van der Waals surface area contributed by atoms with Crippen molar-refractivity contribution in [1.29, 1.82) is 0 Å². The van der Waals surface area contributed by atoms with Gasteiger partial charge in [0.1, 0.15) is 5.52 Å². The van der Waals surface area contributed by atoms with Gasteiger partial charge in [0.2, 0.25) is 0 Å². The van der Waals surface area contributed by atoms with Gasteiger partial charge in [-0.25, -0.2) is 13.4 Å². The van der Waals surface area contributed by atoms with Crippen LogP contribution in [-0.4, -0.2) is 18.0 Å². The van der Waals surface area contributed by atoms with E-state index in [1.54, 1.807) is 13.3 Å². The van der Waals surface area contributed by atoms with Gasteiger partial charge in [0.15, 0.2) is 0 Å². The van der Waals surface area contributed by atoms with Crippen LogP contribution >= 0.6 is 0 Å². The number of hydrogen-bond acceptors (Lipinski definition) is 3. The quantitative estimate of drug-likeness (QED) is 0.427. The number of rotatable bonds is 5. The third-order valence-corrected chi connectivity index (χ3v) is 6.69. The Kier molecular flexibility index (Phi) is 5.46. The van der Waals surface area contributed by atoms with Crippen LogP contribution in [-0.2, 0) is 22.7 Å². The van der Waals surface area contributed by atoms with E-state index in [9.17, 15) is 21.6 Å². The number of nitrogens with one attached hydrogen (secondary N) is 1. The highest BCUT2D eigenvalue weighted by Crippen LogP contribution is 2.33. The maximum Gasteiger partial charge on any atom is 0.416 e. The van der Waals surface area contributed by atoms with E-state index in [0.717, 1.165) is 34.8 Å². The highest BCUT2D eigenvalue weighted by Gasteiger charge is 2.32. The van der Waals surface area contributed by atoms with E-state index in [1.165, 1.54) is 0 Å². The molecule has 1 aromatic heterocycles. The van der Waals surface area contributed by atoms with Crippen LogP contribution in [0, 0.1) is 13.8 Å². The minimum Gasteiger partial charge on any atom is -0.326 e. The lowest BCUT2D eigenvalue weighted by atomic mass is 10.1. The van der Waals surface area contributed by atoms with Gasteiger partial charge in [-0.05, 0) is 54.8 Å². The molecule has 1 N–H and O–H groups in total. The number of benzene rings is 3. The number of alkyl halides is 3. The van der Waals surface area contributed by atoms with Crippen LogP contribution < -0.4 is 4.72 Å². The molecule has 1 heterocycles. The first kappa shape index (κ1) is 21.9. The predicted molar refractivity (Wildman–Crippen MR) is 117 cm³/mol. The second-order valence-electron chi connectivity index (χ2n) is 7.55. The monoisotopic (exact) mass is 459 g/mol. The van der Waals surface area contributed by atoms with E-state index in [4.69, 9.17) is 0 Å². The number of fused-ring (bicyclic) bond motifs is 1. The standard InChI is InChI=1S/C23H20F3N3O2S/c1-15-11-20-22(27-14-29(20)13-17-7-4-3-5-8-17)21(16(15)2)28-32(30,31)19-10-6-9-18(12-19)23(24,25)26/h3-12,14,28H,13H2,1-2H3. The summed E-state index contributed by atoms with van der Waals surface area (Å²) in [5, 5.41) is 0. The Morgan fingerprint density at radius 1 is 1.00 bits per heavy atom. The molecule has 0 radical (unpaired) electrons. The fourth-order valence-electron chi connectivity index (χ4n) is 3.49. The van der Waals surface area contributed by atoms with Gasteiger partial charge < -0.3 is 4.57 Å². The molecule has 32 heavy (non-hydrogen) atoms. The van der Waals surface area contributed by atoms with E-state index in [1.807, 2.05) is 47.9 Å². The van der Waals surface area contributed by atoms with E-state index in [0.29, 0.717) is 23.7 Å². The number of sulfonamides is 1. The molecule has 4 aromatic rings. The highest BCUT2D eigenvalue weighted by molar-refractivity contribution is 7.92. The average Bonchev–Trinajstić information content (AvgIpc) is 3.13. The Bertz CT molecular complexity index is 1400. The average molecular weight is 459 g/mol. The van der Waals surface area contributed by atoms with E-state index in [2.05, 4.69) is 9.71 Å². The smallest absolute Gasteiger partial charge is 0.326 e. The maximum absolute atomic E-state index is 13.1. The molecule has 0 amide bonds. The summed E-state index contributed by atoms with van der Waals surface area (Å²) in [6, 6.07) is 15.3. The summed E-state index contributed by atoms with van der Waals surface area (Å²) in [5.74, 6) is 0. The minimum absolute atomic E-state index is 0.254. The van der Waals surface area contributed by atoms with E-state index < -0.39 is 26.7 Å². The number of hydrogen-bond donors (Lipinski definition) is 1. The largest absolute Gasteiger partial charge is 0.416 e. The molecule has 0 bridgehead atoms. The first-order valence-corrected chi connectivity index (χ1v) is 11.2. The zero-order chi connectivity index (χ0) is 23.1. The minimum atomic E-state index is -4.64. The zero-order valence-corrected chi connectivity index (χ0v) is 18.1. The molecule has 0 fully saturated rings. The Labute approximate surface area is 183 Å². The Morgan fingerprint density at radius 2 is 1.72 bits per heavy atom. The van der Waals surface area contributed by atoms with Gasteiger partial charge in [-0.1, -0.05) is 36.4 Å². The number of anilines is 1. The van der Waals surface area contributed by atoms with Crippen LogP contribution in [0.15, 0.2) is 71.9 Å². The molecular weight excluding hydrogens is 439 g/mol. The van der Waals surface area contributed by atoms with Crippen LogP contribution in [0.25, 0.3) is 11.0 Å². The SMILES string of the molecule is Cc1cc2c(ncn2Cc2ccccc2)c(NS(=O)(=O)c2cccc(C(F)(F)F)c2)c1C. The van der Waals surface area contributed by atoms with Gasteiger partial charge in [-0.2, -0.15) is 13.2 Å². The van der Waals surface area contributed by atoms with Crippen molar-refractivity contribution in [2.45, 2.75) is 31.5 Å². The van der Waals surface area contributed by atoms with Crippen molar-refractivity contribution in [3.63, 3.8) is 0 Å². The van der Waals surface area contributed by atoms with Crippen molar-refractivity contribution in [2.75, 3.05) is 4.72 Å². The molecule has 0 unspecified atom stereocenters. The molecule has 166 valence electrons. The topological polar surface area (TPSA) is 64.0 Å². The summed E-state index contributed by atoms with van der Waals surface area (Å²) in [7, 11) is -4.28. The molecule has 0 spiro atoms. The predicted octanol–water partition coefficient (Wildman–Crippen LogP) is 5.52. The molecule has 0 aliphatic rings. The van der Waals surface area contributed by atoms with Gasteiger partial charge in [-0.15, -0.1) is 0 Å². The summed E-state index contributed by atoms with van der Waals surface area (Å²) < 4.78 is 69.5. The molecule has 0 aliphatic carbocycles. The van der Waals surface area contributed by atoms with Crippen LogP contribution in [0.5, 0.6) is 0 Å². The maximum atomic E-state index is 13.1. The van der Waals surface area contributed by atoms with Crippen LogP contribution in [0.2, 0.25) is 0 Å². The molecular formula is C23H20F3N3O2S. The molecule has 0 saturated carbocycles. The third kappa shape index (κ3) is 4.20. The van der Waals surface area contributed by atoms with Crippen LogP contribution in [0.4, 0.5) is 18.9 Å². The second-order valence-corrected chi connectivity index (χ2v) is 9.23. The molecule has 0 atom stereocenters. The first-order chi connectivity index (χ1) is 15.1.